The molecule has 0 aliphatic heterocycles. The van der Waals surface area contributed by atoms with Crippen LogP contribution in [-0.2, 0) is 0 Å². The monoisotopic (exact) mass is 252 g/mol. The zero-order valence-electron chi connectivity index (χ0n) is 8.51. The van der Waals surface area contributed by atoms with Crippen molar-refractivity contribution in [3.05, 3.63) is 35.2 Å². The minimum absolute atomic E-state index is 0.508. The van der Waals surface area contributed by atoms with E-state index in [1.54, 1.807) is 24.7 Å². The summed E-state index contributed by atoms with van der Waals surface area (Å²) in [7, 11) is 0. The van der Waals surface area contributed by atoms with Crippen LogP contribution in [0.15, 0.2) is 34.8 Å². The van der Waals surface area contributed by atoms with Gasteiger partial charge in [-0.25, -0.2) is 15.0 Å². The van der Waals surface area contributed by atoms with E-state index in [-0.39, 0.29) is 0 Å². The van der Waals surface area contributed by atoms with Crippen LogP contribution in [0.1, 0.15) is 5.56 Å². The van der Waals surface area contributed by atoms with Crippen LogP contribution in [0.5, 0.6) is 0 Å². The second-order valence-electron chi connectivity index (χ2n) is 3.20. The molecule has 2 aromatic rings. The van der Waals surface area contributed by atoms with Crippen LogP contribution >= 0.6 is 23.4 Å². The van der Waals surface area contributed by atoms with Gasteiger partial charge in [-0.3, -0.25) is 0 Å². The molecule has 0 atom stereocenters. The largest absolute Gasteiger partial charge is 0.397 e. The van der Waals surface area contributed by atoms with Crippen LogP contribution in [0.25, 0.3) is 0 Å². The molecule has 2 rings (SSSR count). The maximum absolute atomic E-state index is 5.99. The maximum atomic E-state index is 5.99. The normalized spacial score (nSPS) is 10.4. The average Bonchev–Trinajstić information content (AvgIpc) is 2.25. The second-order valence-corrected chi connectivity index (χ2v) is 4.56. The molecule has 0 aliphatic carbocycles. The number of aromatic nitrogens is 3. The summed E-state index contributed by atoms with van der Waals surface area (Å²) >= 11 is 7.30. The van der Waals surface area contributed by atoms with Crippen molar-refractivity contribution in [3.63, 3.8) is 0 Å². The molecule has 2 N–H and O–H groups in total. The Morgan fingerprint density at radius 1 is 1.19 bits per heavy atom. The van der Waals surface area contributed by atoms with Crippen molar-refractivity contribution in [1.29, 1.82) is 0 Å². The molecule has 0 aromatic carbocycles. The summed E-state index contributed by atoms with van der Waals surface area (Å²) in [5.41, 5.74) is 7.11. The zero-order valence-corrected chi connectivity index (χ0v) is 10.1. The van der Waals surface area contributed by atoms with Crippen LogP contribution in [0, 0.1) is 6.92 Å². The highest BCUT2D eigenvalue weighted by Gasteiger charge is 2.06. The first-order chi connectivity index (χ1) is 7.65. The van der Waals surface area contributed by atoms with Crippen molar-refractivity contribution >= 4 is 29.1 Å². The Morgan fingerprint density at radius 3 is 2.50 bits per heavy atom. The topological polar surface area (TPSA) is 64.7 Å². The van der Waals surface area contributed by atoms with E-state index in [2.05, 4.69) is 15.0 Å². The fraction of sp³-hybridized carbons (Fsp3) is 0.100. The highest BCUT2D eigenvalue weighted by Crippen LogP contribution is 2.29. The van der Waals surface area contributed by atoms with Gasteiger partial charge in [0, 0.05) is 12.4 Å². The van der Waals surface area contributed by atoms with E-state index in [1.165, 1.54) is 11.8 Å². The lowest BCUT2D eigenvalue weighted by molar-refractivity contribution is 0.945. The number of nitrogens with zero attached hydrogens (tertiary/aromatic N) is 3. The molecule has 4 nitrogen and oxygen atoms in total. The number of aryl methyl sites for hydroxylation is 1. The molecule has 0 saturated carbocycles. The first-order valence-corrected chi connectivity index (χ1v) is 5.72. The van der Waals surface area contributed by atoms with Crippen LogP contribution < -0.4 is 5.73 Å². The number of halogens is 1. The molecule has 82 valence electrons. The molecule has 0 radical (unpaired) electrons. The summed E-state index contributed by atoms with van der Waals surface area (Å²) in [5.74, 6) is 0. The lowest BCUT2D eigenvalue weighted by Gasteiger charge is -2.02. The number of pyridine rings is 1. The lowest BCUT2D eigenvalue weighted by atomic mass is 10.4. The SMILES string of the molecule is Cc1cnc(Sc2ncc(N)cc2Cl)nc1. The van der Waals surface area contributed by atoms with Crippen LogP contribution in [0.4, 0.5) is 5.69 Å². The molecule has 0 saturated heterocycles. The molecule has 2 aromatic heterocycles. The van der Waals surface area contributed by atoms with Crippen LogP contribution in [0.3, 0.4) is 0 Å². The van der Waals surface area contributed by atoms with E-state index in [9.17, 15) is 0 Å². The molecular weight excluding hydrogens is 244 g/mol. The first-order valence-electron chi connectivity index (χ1n) is 4.52. The van der Waals surface area contributed by atoms with E-state index in [0.717, 1.165) is 5.56 Å². The van der Waals surface area contributed by atoms with E-state index in [4.69, 9.17) is 17.3 Å². The van der Waals surface area contributed by atoms with Gasteiger partial charge in [0.2, 0.25) is 0 Å². The lowest BCUT2D eigenvalue weighted by Crippen LogP contribution is -1.91. The van der Waals surface area contributed by atoms with E-state index in [0.29, 0.717) is 20.9 Å². The fourth-order valence-corrected chi connectivity index (χ4v) is 1.97. The molecule has 0 unspecified atom stereocenters. The van der Waals surface area contributed by atoms with E-state index < -0.39 is 0 Å². The summed E-state index contributed by atoms with van der Waals surface area (Å²) in [5, 5.41) is 1.78. The van der Waals surface area contributed by atoms with E-state index >= 15 is 0 Å². The van der Waals surface area contributed by atoms with Crippen molar-refractivity contribution in [2.45, 2.75) is 17.1 Å². The second kappa shape index (κ2) is 4.67. The van der Waals surface area contributed by atoms with Gasteiger partial charge in [-0.2, -0.15) is 0 Å². The van der Waals surface area contributed by atoms with Gasteiger partial charge < -0.3 is 5.73 Å². The molecule has 0 bridgehead atoms. The van der Waals surface area contributed by atoms with Gasteiger partial charge in [-0.15, -0.1) is 0 Å². The summed E-state index contributed by atoms with van der Waals surface area (Å²) in [6, 6.07) is 1.66. The molecule has 6 heteroatoms. The molecule has 0 fully saturated rings. The van der Waals surface area contributed by atoms with Gasteiger partial charge in [0.25, 0.3) is 0 Å². The molecule has 16 heavy (non-hydrogen) atoms. The number of anilines is 1. The Kier molecular flexibility index (Phi) is 3.26. The summed E-state index contributed by atoms with van der Waals surface area (Å²) < 4.78 is 0. The van der Waals surface area contributed by atoms with Crippen LogP contribution in [0.2, 0.25) is 5.02 Å². The highest BCUT2D eigenvalue weighted by atomic mass is 35.5. The van der Waals surface area contributed by atoms with Crippen molar-refractivity contribution < 1.29 is 0 Å². The molecular formula is C10H9ClN4S. The van der Waals surface area contributed by atoms with E-state index in [1.807, 2.05) is 6.92 Å². The first kappa shape index (κ1) is 11.2. The van der Waals surface area contributed by atoms with Crippen molar-refractivity contribution in [2.75, 3.05) is 5.73 Å². The fourth-order valence-electron chi connectivity index (χ4n) is 1.04. The zero-order chi connectivity index (χ0) is 11.5. The van der Waals surface area contributed by atoms with Gasteiger partial charge >= 0.3 is 0 Å². The average molecular weight is 253 g/mol. The maximum Gasteiger partial charge on any atom is 0.193 e. The minimum Gasteiger partial charge on any atom is -0.397 e. The Balaban J connectivity index is 2.23. The number of hydrogen-bond donors (Lipinski definition) is 1. The van der Waals surface area contributed by atoms with Gasteiger partial charge in [-0.05, 0) is 30.3 Å². The third-order valence-electron chi connectivity index (χ3n) is 1.77. The summed E-state index contributed by atoms with van der Waals surface area (Å²) in [6.45, 7) is 1.93. The number of nitrogens with two attached hydrogens (primary N) is 1. The molecule has 2 heterocycles. The van der Waals surface area contributed by atoms with Gasteiger partial charge in [-0.1, -0.05) is 11.6 Å². The predicted molar refractivity (Wildman–Crippen MR) is 64.6 cm³/mol. The van der Waals surface area contributed by atoms with Gasteiger partial charge in [0.15, 0.2) is 5.16 Å². The quantitative estimate of drug-likeness (QED) is 0.833. The third kappa shape index (κ3) is 2.62. The van der Waals surface area contributed by atoms with Gasteiger partial charge in [0.05, 0.1) is 16.9 Å². The van der Waals surface area contributed by atoms with Crippen molar-refractivity contribution in [1.82, 2.24) is 15.0 Å². The number of hydrogen-bond acceptors (Lipinski definition) is 5. The number of rotatable bonds is 2. The molecule has 0 amide bonds. The molecule has 0 aliphatic rings. The molecule has 0 spiro atoms. The Morgan fingerprint density at radius 2 is 1.88 bits per heavy atom. The van der Waals surface area contributed by atoms with Gasteiger partial charge in [0.1, 0.15) is 5.03 Å². The Hall–Kier alpha value is -1.33. The summed E-state index contributed by atoms with van der Waals surface area (Å²) in [6.07, 6.45) is 5.06. The number of nitrogen functional groups attached to an aromatic ring is 1. The minimum atomic E-state index is 0.508. The van der Waals surface area contributed by atoms with Crippen LogP contribution in [-0.4, -0.2) is 15.0 Å². The smallest absolute Gasteiger partial charge is 0.193 e. The standard InChI is InChI=1S/C10H9ClN4S/c1-6-3-14-10(15-4-6)16-9-8(11)2-7(12)5-13-9/h2-5H,12H2,1H3. The third-order valence-corrected chi connectivity index (χ3v) is 3.09. The highest BCUT2D eigenvalue weighted by molar-refractivity contribution is 7.99. The predicted octanol–water partition coefficient (Wildman–Crippen LogP) is 2.57. The van der Waals surface area contributed by atoms with Crippen molar-refractivity contribution in [3.8, 4) is 0 Å². The van der Waals surface area contributed by atoms with Crippen molar-refractivity contribution in [2.24, 2.45) is 0 Å². The summed E-state index contributed by atoms with van der Waals surface area (Å²) in [4.78, 5) is 12.4. The Bertz CT molecular complexity index is 501. The Labute approximate surface area is 102 Å².